The number of hydrogen-bond acceptors (Lipinski definition) is 5. The molecule has 0 saturated carbocycles. The number of carbonyl (C=O) groups excluding carboxylic acids is 2. The summed E-state index contributed by atoms with van der Waals surface area (Å²) in [6.07, 6.45) is -4.87. The van der Waals surface area contributed by atoms with Crippen molar-refractivity contribution in [1.29, 1.82) is 5.26 Å². The zero-order valence-corrected chi connectivity index (χ0v) is 20.9. The number of halogens is 5. The van der Waals surface area contributed by atoms with Crippen LogP contribution in [0.1, 0.15) is 30.4 Å². The maximum Gasteiger partial charge on any atom is 0.416 e. The van der Waals surface area contributed by atoms with Gasteiger partial charge in [-0.25, -0.2) is 8.78 Å². The summed E-state index contributed by atoms with van der Waals surface area (Å²) in [4.78, 5) is 26.8. The quantitative estimate of drug-likeness (QED) is 0.532. The molecule has 0 unspecified atom stereocenters. The molecule has 1 aromatic rings. The number of hydrogen-bond donors (Lipinski definition) is 1. The fraction of sp³-hybridized carbons (Fsp3) is 0.609. The predicted octanol–water partition coefficient (Wildman–Crippen LogP) is 1.97. The average Bonchev–Trinajstić information content (AvgIpc) is 3.16. The van der Waals surface area contributed by atoms with Crippen molar-refractivity contribution < 1.29 is 40.0 Å². The van der Waals surface area contributed by atoms with Crippen LogP contribution in [0.3, 0.4) is 0 Å². The molecule has 4 rings (SSSR count). The van der Waals surface area contributed by atoms with Gasteiger partial charge in [-0.3, -0.25) is 9.59 Å². The number of likely N-dealkylation sites (tertiary alicyclic amines) is 1. The van der Waals surface area contributed by atoms with Crippen LogP contribution in [-0.4, -0.2) is 78.4 Å². The van der Waals surface area contributed by atoms with E-state index in [9.17, 15) is 40.0 Å². The predicted molar refractivity (Wildman–Crippen MR) is 122 cm³/mol. The minimum atomic E-state index is -4.53. The number of nitrogens with one attached hydrogen (secondary N) is 1. The zero-order chi connectivity index (χ0) is 27.9. The first-order chi connectivity index (χ1) is 17.7. The second-order valence-corrected chi connectivity index (χ2v) is 11.7. The Labute approximate surface area is 216 Å². The van der Waals surface area contributed by atoms with Crippen molar-refractivity contribution in [3.8, 4) is 6.07 Å². The molecule has 3 aliphatic rings. The van der Waals surface area contributed by atoms with E-state index < -0.39 is 70.5 Å². The largest absolute Gasteiger partial charge is 0.416 e. The van der Waals surface area contributed by atoms with E-state index in [1.807, 2.05) is 6.07 Å². The van der Waals surface area contributed by atoms with Crippen LogP contribution in [0.5, 0.6) is 0 Å². The highest BCUT2D eigenvalue weighted by atomic mass is 32.2. The van der Waals surface area contributed by atoms with Gasteiger partial charge in [0.1, 0.15) is 6.04 Å². The second-order valence-electron chi connectivity index (χ2n) is 9.80. The normalized spacial score (nSPS) is 25.0. The number of rotatable bonds is 6. The van der Waals surface area contributed by atoms with E-state index in [4.69, 9.17) is 5.26 Å². The highest BCUT2D eigenvalue weighted by molar-refractivity contribution is 7.86. The molecule has 1 aromatic carbocycles. The fourth-order valence-corrected chi connectivity index (χ4v) is 6.65. The number of benzene rings is 1. The van der Waals surface area contributed by atoms with E-state index >= 15 is 0 Å². The third kappa shape index (κ3) is 5.92. The minimum absolute atomic E-state index is 0.0491. The summed E-state index contributed by atoms with van der Waals surface area (Å²) in [6, 6.07) is 4.46. The van der Waals surface area contributed by atoms with E-state index in [1.165, 1.54) is 0 Å². The number of piperidine rings is 1. The third-order valence-corrected chi connectivity index (χ3v) is 8.96. The van der Waals surface area contributed by atoms with E-state index in [2.05, 4.69) is 5.32 Å². The van der Waals surface area contributed by atoms with Gasteiger partial charge in [-0.05, 0) is 30.5 Å². The summed E-state index contributed by atoms with van der Waals surface area (Å²) >= 11 is 0. The smallest absolute Gasteiger partial charge is 0.350 e. The van der Waals surface area contributed by atoms with Crippen LogP contribution in [0, 0.1) is 23.2 Å². The number of nitrogens with zero attached hydrogens (tertiary/aromatic N) is 4. The molecule has 3 heterocycles. The lowest BCUT2D eigenvalue weighted by Gasteiger charge is -2.41. The lowest BCUT2D eigenvalue weighted by Crippen LogP contribution is -2.57. The third-order valence-electron chi connectivity index (χ3n) is 7.02. The first-order valence-electron chi connectivity index (χ1n) is 12.0. The van der Waals surface area contributed by atoms with Gasteiger partial charge in [-0.2, -0.15) is 35.5 Å². The summed E-state index contributed by atoms with van der Waals surface area (Å²) in [5.41, 5.74) is -0.561. The van der Waals surface area contributed by atoms with Gasteiger partial charge in [0, 0.05) is 39.1 Å². The molecule has 0 aliphatic carbocycles. The average molecular weight is 564 g/mol. The molecule has 2 amide bonds. The Kier molecular flexibility index (Phi) is 7.70. The van der Waals surface area contributed by atoms with Crippen molar-refractivity contribution in [2.45, 2.75) is 43.9 Å². The number of amides is 2. The lowest BCUT2D eigenvalue weighted by atomic mass is 9.97. The van der Waals surface area contributed by atoms with Gasteiger partial charge < -0.3 is 10.2 Å². The Hall–Kier alpha value is -2.83. The standard InChI is InChI=1S/C23H26F5N5O4S/c24-22(25)8-19(20(34)30-10-15-3-5-18(6-4-15)23(26,27)28)33(14-22)21(35)17-2-1-7-31(13-17)38(36,37)32-11-16(9-29)12-32/h3-6,16-17,19H,1-2,7-8,10-14H2,(H,30,34)/t17-,19+/m0/s1. The molecule has 9 nitrogen and oxygen atoms in total. The molecule has 0 radical (unpaired) electrons. The Bertz CT molecular complexity index is 1210. The maximum absolute atomic E-state index is 14.3. The Morgan fingerprint density at radius 1 is 1.11 bits per heavy atom. The van der Waals surface area contributed by atoms with Crippen molar-refractivity contribution >= 4 is 22.0 Å². The molecule has 0 bridgehead atoms. The molecule has 2 atom stereocenters. The Balaban J connectivity index is 1.40. The SMILES string of the molecule is N#CC1CN(S(=O)(=O)N2CCC[C@H](C(=O)N3CC(F)(F)C[C@@H]3C(=O)NCc3ccc(C(F)(F)F)cc3)C2)C1. The van der Waals surface area contributed by atoms with E-state index in [-0.39, 0.29) is 39.1 Å². The van der Waals surface area contributed by atoms with Crippen LogP contribution in [-0.2, 0) is 32.5 Å². The number of carbonyl (C=O) groups is 2. The molecule has 3 fully saturated rings. The van der Waals surface area contributed by atoms with Crippen LogP contribution >= 0.6 is 0 Å². The lowest BCUT2D eigenvalue weighted by molar-refractivity contribution is -0.143. The van der Waals surface area contributed by atoms with Gasteiger partial charge in [0.25, 0.3) is 16.1 Å². The molecular weight excluding hydrogens is 537 g/mol. The molecule has 38 heavy (non-hydrogen) atoms. The maximum atomic E-state index is 14.3. The summed E-state index contributed by atoms with van der Waals surface area (Å²) in [7, 11) is -3.92. The van der Waals surface area contributed by atoms with Crippen LogP contribution in [0.15, 0.2) is 24.3 Å². The first kappa shape index (κ1) is 28.2. The van der Waals surface area contributed by atoms with Gasteiger partial charge >= 0.3 is 6.18 Å². The van der Waals surface area contributed by atoms with Gasteiger partial charge in [0.15, 0.2) is 0 Å². The molecule has 1 N–H and O–H groups in total. The molecule has 0 aromatic heterocycles. The van der Waals surface area contributed by atoms with E-state index in [1.54, 1.807) is 0 Å². The molecular formula is C23H26F5N5O4S. The minimum Gasteiger partial charge on any atom is -0.350 e. The molecule has 15 heteroatoms. The van der Waals surface area contributed by atoms with Gasteiger partial charge in [0.2, 0.25) is 11.8 Å². The number of nitriles is 1. The van der Waals surface area contributed by atoms with Gasteiger partial charge in [-0.15, -0.1) is 0 Å². The Morgan fingerprint density at radius 2 is 1.76 bits per heavy atom. The summed E-state index contributed by atoms with van der Waals surface area (Å²) in [5.74, 6) is -6.29. The summed E-state index contributed by atoms with van der Waals surface area (Å²) < 4.78 is 94.8. The van der Waals surface area contributed by atoms with E-state index in [0.29, 0.717) is 12.0 Å². The highest BCUT2D eigenvalue weighted by Gasteiger charge is 2.52. The molecule has 3 saturated heterocycles. The van der Waals surface area contributed by atoms with E-state index in [0.717, 1.165) is 37.8 Å². The summed E-state index contributed by atoms with van der Waals surface area (Å²) in [6.45, 7) is -1.20. The monoisotopic (exact) mass is 563 g/mol. The van der Waals surface area contributed by atoms with Crippen LogP contribution in [0.2, 0.25) is 0 Å². The van der Waals surface area contributed by atoms with Gasteiger partial charge in [0.05, 0.1) is 30.0 Å². The zero-order valence-electron chi connectivity index (χ0n) is 20.1. The van der Waals surface area contributed by atoms with Crippen molar-refractivity contribution in [1.82, 2.24) is 18.8 Å². The number of alkyl halides is 5. The topological polar surface area (TPSA) is 114 Å². The van der Waals surface area contributed by atoms with Gasteiger partial charge in [-0.1, -0.05) is 12.1 Å². The molecule has 0 spiro atoms. The second kappa shape index (κ2) is 10.4. The van der Waals surface area contributed by atoms with Crippen molar-refractivity contribution in [3.63, 3.8) is 0 Å². The Morgan fingerprint density at radius 3 is 2.37 bits per heavy atom. The van der Waals surface area contributed by atoms with Crippen molar-refractivity contribution in [3.05, 3.63) is 35.4 Å². The van der Waals surface area contributed by atoms with Crippen molar-refractivity contribution in [2.24, 2.45) is 11.8 Å². The summed E-state index contributed by atoms with van der Waals surface area (Å²) in [5, 5.41) is 11.3. The van der Waals surface area contributed by atoms with Crippen molar-refractivity contribution in [2.75, 3.05) is 32.7 Å². The first-order valence-corrected chi connectivity index (χ1v) is 13.4. The van der Waals surface area contributed by atoms with Crippen LogP contribution < -0.4 is 5.32 Å². The fourth-order valence-electron chi connectivity index (χ4n) is 4.86. The highest BCUT2D eigenvalue weighted by Crippen LogP contribution is 2.35. The van der Waals surface area contributed by atoms with Crippen LogP contribution in [0.25, 0.3) is 0 Å². The molecule has 208 valence electrons. The van der Waals surface area contributed by atoms with Crippen LogP contribution in [0.4, 0.5) is 22.0 Å². The molecule has 3 aliphatic heterocycles.